The Hall–Kier alpha value is -0.410. The third kappa shape index (κ3) is 4.79. The summed E-state index contributed by atoms with van der Waals surface area (Å²) in [4.78, 5) is 5.00. The first-order valence-electron chi connectivity index (χ1n) is 8.71. The third-order valence-corrected chi connectivity index (χ3v) is 5.47. The zero-order chi connectivity index (χ0) is 15.3. The van der Waals surface area contributed by atoms with Crippen LogP contribution in [0.5, 0.6) is 0 Å². The van der Waals surface area contributed by atoms with Gasteiger partial charge in [0.15, 0.2) is 0 Å². The zero-order valence-corrected chi connectivity index (χ0v) is 15.1. The predicted octanol–water partition coefficient (Wildman–Crippen LogP) is 5.45. The summed E-state index contributed by atoms with van der Waals surface area (Å²) in [7, 11) is 0. The molecule has 3 heteroatoms. The van der Waals surface area contributed by atoms with Gasteiger partial charge in [-0.3, -0.25) is 0 Å². The number of hydrogen-bond donors (Lipinski definition) is 1. The maximum atomic E-state index is 5.00. The van der Waals surface area contributed by atoms with Crippen LogP contribution in [0.3, 0.4) is 0 Å². The Labute approximate surface area is 134 Å². The van der Waals surface area contributed by atoms with E-state index in [0.29, 0.717) is 6.04 Å². The van der Waals surface area contributed by atoms with E-state index in [-0.39, 0.29) is 5.41 Å². The molecule has 0 radical (unpaired) electrons. The van der Waals surface area contributed by atoms with Crippen LogP contribution in [0.15, 0.2) is 5.38 Å². The van der Waals surface area contributed by atoms with Gasteiger partial charge in [-0.2, -0.15) is 0 Å². The van der Waals surface area contributed by atoms with E-state index in [1.807, 2.05) is 11.3 Å². The van der Waals surface area contributed by atoms with Crippen molar-refractivity contribution >= 4 is 11.3 Å². The highest BCUT2D eigenvalue weighted by Crippen LogP contribution is 2.36. The maximum Gasteiger partial charge on any atom is 0.110 e. The van der Waals surface area contributed by atoms with Gasteiger partial charge in [-0.25, -0.2) is 4.98 Å². The van der Waals surface area contributed by atoms with Gasteiger partial charge in [0, 0.05) is 10.8 Å². The number of thiazole rings is 1. The Bertz CT molecular complexity index is 411. The lowest BCUT2D eigenvalue weighted by Crippen LogP contribution is -2.29. The summed E-state index contributed by atoms with van der Waals surface area (Å²) in [5, 5.41) is 7.39. The first-order valence-corrected chi connectivity index (χ1v) is 9.59. The maximum absolute atomic E-state index is 5.00. The molecule has 1 aromatic rings. The molecule has 0 saturated heterocycles. The van der Waals surface area contributed by atoms with E-state index < -0.39 is 0 Å². The molecule has 0 bridgehead atoms. The van der Waals surface area contributed by atoms with Crippen LogP contribution < -0.4 is 5.32 Å². The fourth-order valence-corrected chi connectivity index (χ4v) is 4.39. The topological polar surface area (TPSA) is 24.9 Å². The molecule has 1 aliphatic carbocycles. The minimum Gasteiger partial charge on any atom is -0.308 e. The summed E-state index contributed by atoms with van der Waals surface area (Å²) in [5.41, 5.74) is 1.41. The normalized spacial score (nSPS) is 19.4. The average molecular weight is 309 g/mol. The van der Waals surface area contributed by atoms with Crippen LogP contribution in [0.4, 0.5) is 0 Å². The van der Waals surface area contributed by atoms with E-state index in [9.17, 15) is 0 Å². The quantitative estimate of drug-likeness (QED) is 0.731. The molecule has 1 aromatic heterocycles. The van der Waals surface area contributed by atoms with Crippen molar-refractivity contribution in [2.75, 3.05) is 6.54 Å². The first-order chi connectivity index (χ1) is 10.0. The summed E-state index contributed by atoms with van der Waals surface area (Å²) in [5.74, 6) is 0.776. The Balaban J connectivity index is 2.16. The lowest BCUT2D eigenvalue weighted by molar-refractivity contribution is 0.324. The summed E-state index contributed by atoms with van der Waals surface area (Å²) in [6.45, 7) is 10.1. The molecule has 0 aliphatic heterocycles. The SMILES string of the molecule is CCCNC(c1nc(C(C)(C)C)cs1)C1CCCCCC1. The van der Waals surface area contributed by atoms with Crippen molar-refractivity contribution in [1.82, 2.24) is 10.3 Å². The minimum absolute atomic E-state index is 0.160. The van der Waals surface area contributed by atoms with E-state index in [1.54, 1.807) is 0 Å². The second-order valence-corrected chi connectivity index (χ2v) is 8.39. The summed E-state index contributed by atoms with van der Waals surface area (Å²) in [6.07, 6.45) is 9.56. The fourth-order valence-electron chi connectivity index (χ4n) is 3.17. The van der Waals surface area contributed by atoms with Gasteiger partial charge in [0.1, 0.15) is 5.01 Å². The lowest BCUT2D eigenvalue weighted by Gasteiger charge is -2.26. The molecular weight excluding hydrogens is 276 g/mol. The standard InChI is InChI=1S/C18H32N2S/c1-5-12-19-16(14-10-8-6-7-9-11-14)17-20-15(13-21-17)18(2,3)4/h13-14,16,19H,5-12H2,1-4H3. The van der Waals surface area contributed by atoms with E-state index in [1.165, 1.54) is 55.6 Å². The summed E-state index contributed by atoms with van der Waals surface area (Å²) >= 11 is 1.86. The molecular formula is C18H32N2S. The smallest absolute Gasteiger partial charge is 0.110 e. The molecule has 120 valence electrons. The summed E-state index contributed by atoms with van der Waals surface area (Å²) < 4.78 is 0. The van der Waals surface area contributed by atoms with Crippen molar-refractivity contribution in [3.05, 3.63) is 16.1 Å². The fraction of sp³-hybridized carbons (Fsp3) is 0.833. The molecule has 1 N–H and O–H groups in total. The molecule has 1 aliphatic rings. The van der Waals surface area contributed by atoms with Crippen molar-refractivity contribution in [2.24, 2.45) is 5.92 Å². The van der Waals surface area contributed by atoms with Crippen LogP contribution in [-0.2, 0) is 5.41 Å². The lowest BCUT2D eigenvalue weighted by atomic mass is 9.91. The van der Waals surface area contributed by atoms with Gasteiger partial charge in [0.05, 0.1) is 11.7 Å². The number of nitrogens with one attached hydrogen (secondary N) is 1. The molecule has 1 saturated carbocycles. The average Bonchev–Trinajstić information content (AvgIpc) is 2.77. The summed E-state index contributed by atoms with van der Waals surface area (Å²) in [6, 6.07) is 0.476. The van der Waals surface area contributed by atoms with Gasteiger partial charge in [0.25, 0.3) is 0 Å². The van der Waals surface area contributed by atoms with E-state index in [4.69, 9.17) is 4.98 Å². The highest BCUT2D eigenvalue weighted by atomic mass is 32.1. The Morgan fingerprint density at radius 2 is 1.90 bits per heavy atom. The zero-order valence-electron chi connectivity index (χ0n) is 14.2. The predicted molar refractivity (Wildman–Crippen MR) is 93.0 cm³/mol. The molecule has 21 heavy (non-hydrogen) atoms. The van der Waals surface area contributed by atoms with Crippen LogP contribution in [0.25, 0.3) is 0 Å². The highest BCUT2D eigenvalue weighted by molar-refractivity contribution is 7.09. The number of rotatable bonds is 5. The highest BCUT2D eigenvalue weighted by Gasteiger charge is 2.27. The second kappa shape index (κ2) is 7.73. The molecule has 1 atom stereocenters. The number of hydrogen-bond acceptors (Lipinski definition) is 3. The Kier molecular flexibility index (Phi) is 6.24. The minimum atomic E-state index is 0.160. The molecule has 0 spiro atoms. The first kappa shape index (κ1) is 17.0. The Morgan fingerprint density at radius 1 is 1.24 bits per heavy atom. The second-order valence-electron chi connectivity index (χ2n) is 7.50. The van der Waals surface area contributed by atoms with Crippen LogP contribution in [0.1, 0.15) is 89.4 Å². The van der Waals surface area contributed by atoms with Gasteiger partial charge in [-0.15, -0.1) is 11.3 Å². The van der Waals surface area contributed by atoms with Crippen LogP contribution in [0.2, 0.25) is 0 Å². The van der Waals surface area contributed by atoms with Crippen LogP contribution >= 0.6 is 11.3 Å². The Morgan fingerprint density at radius 3 is 2.43 bits per heavy atom. The number of nitrogens with zero attached hydrogens (tertiary/aromatic N) is 1. The third-order valence-electron chi connectivity index (χ3n) is 4.54. The largest absolute Gasteiger partial charge is 0.308 e. The van der Waals surface area contributed by atoms with Crippen molar-refractivity contribution in [1.29, 1.82) is 0 Å². The van der Waals surface area contributed by atoms with Crippen molar-refractivity contribution in [3.63, 3.8) is 0 Å². The van der Waals surface area contributed by atoms with Gasteiger partial charge >= 0.3 is 0 Å². The van der Waals surface area contributed by atoms with Gasteiger partial charge in [0.2, 0.25) is 0 Å². The van der Waals surface area contributed by atoms with E-state index in [0.717, 1.165) is 12.5 Å². The molecule has 2 nitrogen and oxygen atoms in total. The van der Waals surface area contributed by atoms with Crippen molar-refractivity contribution in [3.8, 4) is 0 Å². The van der Waals surface area contributed by atoms with Crippen molar-refractivity contribution < 1.29 is 0 Å². The van der Waals surface area contributed by atoms with Crippen LogP contribution in [0, 0.1) is 5.92 Å². The molecule has 1 heterocycles. The van der Waals surface area contributed by atoms with Crippen molar-refractivity contribution in [2.45, 2.75) is 84.1 Å². The van der Waals surface area contributed by atoms with E-state index in [2.05, 4.69) is 38.4 Å². The van der Waals surface area contributed by atoms with Gasteiger partial charge in [-0.05, 0) is 31.7 Å². The molecule has 0 aromatic carbocycles. The number of aromatic nitrogens is 1. The molecule has 0 amide bonds. The van der Waals surface area contributed by atoms with Crippen LogP contribution in [-0.4, -0.2) is 11.5 Å². The van der Waals surface area contributed by atoms with Gasteiger partial charge < -0.3 is 5.32 Å². The van der Waals surface area contributed by atoms with E-state index >= 15 is 0 Å². The molecule has 1 fully saturated rings. The molecule has 1 unspecified atom stereocenters. The molecule has 2 rings (SSSR count). The monoisotopic (exact) mass is 308 g/mol. The van der Waals surface area contributed by atoms with Gasteiger partial charge in [-0.1, -0.05) is 53.4 Å².